The van der Waals surface area contributed by atoms with Gasteiger partial charge in [-0.15, -0.1) is 0 Å². The molecule has 0 amide bonds. The molecule has 2 rings (SSSR count). The fourth-order valence-corrected chi connectivity index (χ4v) is 2.30. The molecule has 15 heavy (non-hydrogen) atoms. The summed E-state index contributed by atoms with van der Waals surface area (Å²) in [5.41, 5.74) is 1.23. The molecular weight excluding hydrogens is 186 g/mol. The van der Waals surface area contributed by atoms with Crippen molar-refractivity contribution in [3.05, 3.63) is 18.2 Å². The maximum Gasteiger partial charge on any atom is 0.0921 e. The SMILES string of the molecule is CC1CCC(NCCc2cnc[nH]2)CC1. The van der Waals surface area contributed by atoms with Gasteiger partial charge in [0.25, 0.3) is 0 Å². The van der Waals surface area contributed by atoms with E-state index in [-0.39, 0.29) is 0 Å². The minimum Gasteiger partial charge on any atom is -0.348 e. The predicted molar refractivity (Wildman–Crippen MR) is 61.7 cm³/mol. The van der Waals surface area contributed by atoms with Crippen molar-refractivity contribution in [1.29, 1.82) is 0 Å². The molecule has 0 radical (unpaired) electrons. The van der Waals surface area contributed by atoms with Crippen molar-refractivity contribution >= 4 is 0 Å². The van der Waals surface area contributed by atoms with Crippen LogP contribution in [0.2, 0.25) is 0 Å². The van der Waals surface area contributed by atoms with Crippen LogP contribution < -0.4 is 5.32 Å². The number of H-pyrrole nitrogens is 1. The van der Waals surface area contributed by atoms with E-state index in [1.165, 1.54) is 31.4 Å². The van der Waals surface area contributed by atoms with E-state index in [0.717, 1.165) is 24.9 Å². The zero-order valence-electron chi connectivity index (χ0n) is 9.50. The van der Waals surface area contributed by atoms with Crippen molar-refractivity contribution in [2.24, 2.45) is 5.92 Å². The number of rotatable bonds is 4. The second-order valence-corrected chi connectivity index (χ2v) is 4.74. The molecule has 1 fully saturated rings. The molecular formula is C12H21N3. The van der Waals surface area contributed by atoms with Gasteiger partial charge in [0.1, 0.15) is 0 Å². The Morgan fingerprint density at radius 2 is 2.20 bits per heavy atom. The molecule has 0 aliphatic heterocycles. The first-order valence-corrected chi connectivity index (χ1v) is 6.05. The third-order valence-electron chi connectivity index (χ3n) is 3.40. The summed E-state index contributed by atoms with van der Waals surface area (Å²) in [7, 11) is 0. The summed E-state index contributed by atoms with van der Waals surface area (Å²) in [6.07, 6.45) is 10.2. The molecule has 0 aromatic carbocycles. The van der Waals surface area contributed by atoms with Crippen molar-refractivity contribution in [2.75, 3.05) is 6.54 Å². The van der Waals surface area contributed by atoms with E-state index in [1.54, 1.807) is 6.33 Å². The Kier molecular flexibility index (Phi) is 3.78. The van der Waals surface area contributed by atoms with Crippen LogP contribution >= 0.6 is 0 Å². The molecule has 1 aliphatic rings. The molecule has 2 N–H and O–H groups in total. The van der Waals surface area contributed by atoms with E-state index in [4.69, 9.17) is 0 Å². The van der Waals surface area contributed by atoms with Crippen LogP contribution in [-0.4, -0.2) is 22.6 Å². The van der Waals surface area contributed by atoms with Crippen LogP contribution in [0.3, 0.4) is 0 Å². The topological polar surface area (TPSA) is 40.7 Å². The molecule has 1 aromatic rings. The fourth-order valence-electron chi connectivity index (χ4n) is 2.30. The van der Waals surface area contributed by atoms with E-state index in [0.29, 0.717) is 0 Å². The van der Waals surface area contributed by atoms with Gasteiger partial charge >= 0.3 is 0 Å². The van der Waals surface area contributed by atoms with E-state index in [9.17, 15) is 0 Å². The highest BCUT2D eigenvalue weighted by atomic mass is 14.9. The van der Waals surface area contributed by atoms with Crippen molar-refractivity contribution in [2.45, 2.75) is 45.1 Å². The summed E-state index contributed by atoms with van der Waals surface area (Å²) < 4.78 is 0. The first-order valence-electron chi connectivity index (χ1n) is 6.05. The summed E-state index contributed by atoms with van der Waals surface area (Å²) in [6.45, 7) is 3.43. The lowest BCUT2D eigenvalue weighted by Crippen LogP contribution is -2.34. The first kappa shape index (κ1) is 10.7. The molecule has 0 unspecified atom stereocenters. The van der Waals surface area contributed by atoms with Crippen LogP contribution in [0.1, 0.15) is 38.3 Å². The summed E-state index contributed by atoms with van der Waals surface area (Å²) in [5, 5.41) is 3.63. The van der Waals surface area contributed by atoms with E-state index >= 15 is 0 Å². The van der Waals surface area contributed by atoms with Crippen LogP contribution in [0.15, 0.2) is 12.5 Å². The Labute approximate surface area is 91.7 Å². The van der Waals surface area contributed by atoms with Crippen molar-refractivity contribution < 1.29 is 0 Å². The van der Waals surface area contributed by atoms with Crippen molar-refractivity contribution in [3.63, 3.8) is 0 Å². The Bertz CT molecular complexity index is 260. The first-order chi connectivity index (χ1) is 7.34. The quantitative estimate of drug-likeness (QED) is 0.794. The zero-order chi connectivity index (χ0) is 10.5. The van der Waals surface area contributed by atoms with E-state index in [2.05, 4.69) is 22.2 Å². The van der Waals surface area contributed by atoms with Crippen molar-refractivity contribution in [1.82, 2.24) is 15.3 Å². The highest BCUT2D eigenvalue weighted by Gasteiger charge is 2.16. The minimum absolute atomic E-state index is 0.754. The molecule has 0 saturated heterocycles. The number of nitrogens with one attached hydrogen (secondary N) is 2. The molecule has 1 saturated carbocycles. The fraction of sp³-hybridized carbons (Fsp3) is 0.750. The summed E-state index contributed by atoms with van der Waals surface area (Å²) in [4.78, 5) is 7.15. The summed E-state index contributed by atoms with van der Waals surface area (Å²) >= 11 is 0. The molecule has 1 aliphatic carbocycles. The van der Waals surface area contributed by atoms with E-state index in [1.807, 2.05) is 6.20 Å². The lowest BCUT2D eigenvalue weighted by molar-refractivity contribution is 0.309. The van der Waals surface area contributed by atoms with Crippen LogP contribution in [-0.2, 0) is 6.42 Å². The molecule has 0 bridgehead atoms. The average Bonchev–Trinajstić information content (AvgIpc) is 2.74. The summed E-state index contributed by atoms with van der Waals surface area (Å²) in [6, 6.07) is 0.754. The Morgan fingerprint density at radius 1 is 1.40 bits per heavy atom. The lowest BCUT2D eigenvalue weighted by Gasteiger charge is -2.26. The van der Waals surface area contributed by atoms with Gasteiger partial charge < -0.3 is 10.3 Å². The second-order valence-electron chi connectivity index (χ2n) is 4.74. The van der Waals surface area contributed by atoms with Gasteiger partial charge in [0.15, 0.2) is 0 Å². The van der Waals surface area contributed by atoms with Gasteiger partial charge in [0.05, 0.1) is 6.33 Å². The third kappa shape index (κ3) is 3.34. The van der Waals surface area contributed by atoms with Crippen molar-refractivity contribution in [3.8, 4) is 0 Å². The van der Waals surface area contributed by atoms with Crippen LogP contribution in [0, 0.1) is 5.92 Å². The number of hydrogen-bond acceptors (Lipinski definition) is 2. The van der Waals surface area contributed by atoms with Gasteiger partial charge in [-0.25, -0.2) is 4.98 Å². The standard InChI is InChI=1S/C12H21N3/c1-10-2-4-11(5-3-10)14-7-6-12-8-13-9-15-12/h8-11,14H,2-7H2,1H3,(H,13,15). The van der Waals surface area contributed by atoms with Gasteiger partial charge in [-0.3, -0.25) is 0 Å². The van der Waals surface area contributed by atoms with Gasteiger partial charge in [0, 0.05) is 30.9 Å². The van der Waals surface area contributed by atoms with Crippen LogP contribution in [0.4, 0.5) is 0 Å². The Morgan fingerprint density at radius 3 is 2.87 bits per heavy atom. The predicted octanol–water partition coefficient (Wildman–Crippen LogP) is 2.12. The second kappa shape index (κ2) is 5.31. The van der Waals surface area contributed by atoms with Gasteiger partial charge in [-0.05, 0) is 31.6 Å². The number of aromatic amines is 1. The molecule has 3 heteroatoms. The monoisotopic (exact) mass is 207 g/mol. The molecule has 0 spiro atoms. The number of aromatic nitrogens is 2. The minimum atomic E-state index is 0.754. The molecule has 1 heterocycles. The normalized spacial score (nSPS) is 26.7. The smallest absolute Gasteiger partial charge is 0.0921 e. The van der Waals surface area contributed by atoms with E-state index < -0.39 is 0 Å². The highest BCUT2D eigenvalue weighted by molar-refractivity contribution is 4.94. The van der Waals surface area contributed by atoms with Crippen LogP contribution in [0.5, 0.6) is 0 Å². The Hall–Kier alpha value is -0.830. The molecule has 0 atom stereocenters. The van der Waals surface area contributed by atoms with Crippen LogP contribution in [0.25, 0.3) is 0 Å². The Balaban J connectivity index is 1.62. The molecule has 3 nitrogen and oxygen atoms in total. The average molecular weight is 207 g/mol. The number of nitrogens with zero attached hydrogens (tertiary/aromatic N) is 1. The third-order valence-corrected chi connectivity index (χ3v) is 3.40. The maximum atomic E-state index is 4.01. The molecule has 84 valence electrons. The van der Waals surface area contributed by atoms with Gasteiger partial charge in [0.2, 0.25) is 0 Å². The zero-order valence-corrected chi connectivity index (χ0v) is 9.50. The van der Waals surface area contributed by atoms with Gasteiger partial charge in [-0.2, -0.15) is 0 Å². The molecule has 1 aromatic heterocycles. The highest BCUT2D eigenvalue weighted by Crippen LogP contribution is 2.23. The largest absolute Gasteiger partial charge is 0.348 e. The summed E-state index contributed by atoms with van der Waals surface area (Å²) in [5.74, 6) is 0.940. The lowest BCUT2D eigenvalue weighted by atomic mass is 9.87. The maximum absolute atomic E-state index is 4.01. The number of hydrogen-bond donors (Lipinski definition) is 2. The number of imidazole rings is 1. The van der Waals surface area contributed by atoms with Gasteiger partial charge in [-0.1, -0.05) is 6.92 Å².